The van der Waals surface area contributed by atoms with Gasteiger partial charge < -0.3 is 14.6 Å². The SMILES string of the molecule is CNC(=O)CN1CCN(C(=O)Cc2coc3cc(C)c(C(C)C)cc23)CC1. The molecule has 1 aromatic carbocycles. The number of furan rings is 1. The van der Waals surface area contributed by atoms with E-state index < -0.39 is 0 Å². The molecule has 1 aromatic heterocycles. The molecule has 2 aromatic rings. The molecular formula is C21H29N3O3. The summed E-state index contributed by atoms with van der Waals surface area (Å²) in [7, 11) is 1.64. The molecule has 0 bridgehead atoms. The maximum absolute atomic E-state index is 12.8. The van der Waals surface area contributed by atoms with Gasteiger partial charge in [0.25, 0.3) is 0 Å². The van der Waals surface area contributed by atoms with Gasteiger partial charge in [0.05, 0.1) is 19.2 Å². The van der Waals surface area contributed by atoms with E-state index in [1.54, 1.807) is 13.3 Å². The van der Waals surface area contributed by atoms with E-state index in [2.05, 4.69) is 43.1 Å². The van der Waals surface area contributed by atoms with Gasteiger partial charge in [-0.3, -0.25) is 14.5 Å². The first-order valence-corrected chi connectivity index (χ1v) is 9.60. The van der Waals surface area contributed by atoms with Crippen molar-refractivity contribution in [3.63, 3.8) is 0 Å². The molecule has 0 unspecified atom stereocenters. The van der Waals surface area contributed by atoms with Crippen LogP contribution in [0.1, 0.15) is 36.5 Å². The summed E-state index contributed by atoms with van der Waals surface area (Å²) >= 11 is 0. The summed E-state index contributed by atoms with van der Waals surface area (Å²) in [6.45, 7) is 9.60. The molecule has 2 amide bonds. The first-order valence-electron chi connectivity index (χ1n) is 9.60. The van der Waals surface area contributed by atoms with Crippen LogP contribution >= 0.6 is 0 Å². The van der Waals surface area contributed by atoms with Gasteiger partial charge in [-0.25, -0.2) is 0 Å². The van der Waals surface area contributed by atoms with Crippen molar-refractivity contribution in [3.8, 4) is 0 Å². The molecule has 6 heteroatoms. The number of piperazine rings is 1. The van der Waals surface area contributed by atoms with Crippen molar-refractivity contribution >= 4 is 22.8 Å². The second kappa shape index (κ2) is 8.13. The van der Waals surface area contributed by atoms with E-state index in [-0.39, 0.29) is 11.8 Å². The fraction of sp³-hybridized carbons (Fsp3) is 0.524. The second-order valence-corrected chi connectivity index (χ2v) is 7.63. The van der Waals surface area contributed by atoms with E-state index in [1.807, 2.05) is 4.90 Å². The molecule has 6 nitrogen and oxygen atoms in total. The van der Waals surface area contributed by atoms with Crippen LogP contribution in [-0.4, -0.2) is 61.4 Å². The maximum Gasteiger partial charge on any atom is 0.233 e. The quantitative estimate of drug-likeness (QED) is 0.876. The molecule has 3 rings (SSSR count). The summed E-state index contributed by atoms with van der Waals surface area (Å²) in [5, 5.41) is 3.68. The van der Waals surface area contributed by atoms with Crippen LogP contribution in [0.25, 0.3) is 11.0 Å². The number of aryl methyl sites for hydroxylation is 1. The molecule has 0 spiro atoms. The lowest BCUT2D eigenvalue weighted by atomic mass is 9.95. The van der Waals surface area contributed by atoms with Crippen molar-refractivity contribution in [2.45, 2.75) is 33.1 Å². The van der Waals surface area contributed by atoms with Crippen molar-refractivity contribution < 1.29 is 14.0 Å². The number of rotatable bonds is 5. The zero-order valence-electron chi connectivity index (χ0n) is 16.7. The Bertz CT molecular complexity index is 833. The van der Waals surface area contributed by atoms with Crippen LogP contribution in [0.4, 0.5) is 0 Å². The van der Waals surface area contributed by atoms with Crippen LogP contribution in [-0.2, 0) is 16.0 Å². The van der Waals surface area contributed by atoms with Crippen LogP contribution in [0, 0.1) is 6.92 Å². The highest BCUT2D eigenvalue weighted by atomic mass is 16.3. The summed E-state index contributed by atoms with van der Waals surface area (Å²) < 4.78 is 5.70. The van der Waals surface area contributed by atoms with Crippen molar-refractivity contribution in [1.29, 1.82) is 0 Å². The van der Waals surface area contributed by atoms with Crippen molar-refractivity contribution in [2.75, 3.05) is 39.8 Å². The average molecular weight is 371 g/mol. The van der Waals surface area contributed by atoms with E-state index in [0.717, 1.165) is 29.6 Å². The number of nitrogens with one attached hydrogen (secondary N) is 1. The number of nitrogens with zero attached hydrogens (tertiary/aromatic N) is 2. The lowest BCUT2D eigenvalue weighted by Crippen LogP contribution is -2.51. The molecule has 0 aliphatic carbocycles. The Morgan fingerprint density at radius 2 is 1.89 bits per heavy atom. The van der Waals surface area contributed by atoms with Gasteiger partial charge in [0, 0.05) is 44.2 Å². The third-order valence-corrected chi connectivity index (χ3v) is 5.38. The zero-order chi connectivity index (χ0) is 19.6. The number of fused-ring (bicyclic) bond motifs is 1. The molecule has 1 aliphatic rings. The molecule has 1 fully saturated rings. The lowest BCUT2D eigenvalue weighted by molar-refractivity contribution is -0.132. The minimum Gasteiger partial charge on any atom is -0.464 e. The Hall–Kier alpha value is -2.34. The minimum absolute atomic E-state index is 0.0101. The molecular weight excluding hydrogens is 342 g/mol. The molecule has 1 saturated heterocycles. The number of likely N-dealkylation sites (N-methyl/N-ethyl adjacent to an activating group) is 1. The van der Waals surface area contributed by atoms with Crippen molar-refractivity contribution in [1.82, 2.24) is 15.1 Å². The summed E-state index contributed by atoms with van der Waals surface area (Å²) in [5.41, 5.74) is 4.30. The van der Waals surface area contributed by atoms with Crippen LogP contribution in [0.5, 0.6) is 0 Å². The van der Waals surface area contributed by atoms with E-state index >= 15 is 0 Å². The number of benzene rings is 1. The van der Waals surface area contributed by atoms with Crippen LogP contribution < -0.4 is 5.32 Å². The molecule has 1 aliphatic heterocycles. The highest BCUT2D eigenvalue weighted by molar-refractivity contribution is 5.88. The molecule has 2 heterocycles. The lowest BCUT2D eigenvalue weighted by Gasteiger charge is -2.34. The normalized spacial score (nSPS) is 15.5. The fourth-order valence-electron chi connectivity index (χ4n) is 3.72. The first-order chi connectivity index (χ1) is 12.9. The Labute approximate surface area is 160 Å². The van der Waals surface area contributed by atoms with Crippen molar-refractivity contribution in [3.05, 3.63) is 35.1 Å². The summed E-state index contributed by atoms with van der Waals surface area (Å²) in [6.07, 6.45) is 2.07. The number of amides is 2. The van der Waals surface area contributed by atoms with Gasteiger partial charge in [0.15, 0.2) is 0 Å². The first kappa shape index (κ1) is 19.4. The highest BCUT2D eigenvalue weighted by Gasteiger charge is 2.23. The number of carbonyl (C=O) groups excluding carboxylic acids is 2. The summed E-state index contributed by atoms with van der Waals surface area (Å²) in [5.74, 6) is 0.557. The number of carbonyl (C=O) groups is 2. The average Bonchev–Trinajstić information content (AvgIpc) is 3.02. The van der Waals surface area contributed by atoms with Gasteiger partial charge in [-0.15, -0.1) is 0 Å². The van der Waals surface area contributed by atoms with Crippen molar-refractivity contribution in [2.24, 2.45) is 0 Å². The van der Waals surface area contributed by atoms with E-state index in [1.165, 1.54) is 11.1 Å². The Morgan fingerprint density at radius 1 is 1.19 bits per heavy atom. The predicted octanol–water partition coefficient (Wildman–Crippen LogP) is 2.30. The maximum atomic E-state index is 12.8. The summed E-state index contributed by atoms with van der Waals surface area (Å²) in [4.78, 5) is 28.2. The Kier molecular flexibility index (Phi) is 5.85. The van der Waals surface area contributed by atoms with Gasteiger partial charge in [0.2, 0.25) is 11.8 Å². The van der Waals surface area contributed by atoms with Gasteiger partial charge in [0.1, 0.15) is 5.58 Å². The van der Waals surface area contributed by atoms with Crippen LogP contribution in [0.2, 0.25) is 0 Å². The third-order valence-electron chi connectivity index (χ3n) is 5.38. The van der Waals surface area contributed by atoms with Gasteiger partial charge in [-0.1, -0.05) is 13.8 Å². The molecule has 0 atom stereocenters. The Morgan fingerprint density at radius 3 is 2.52 bits per heavy atom. The highest BCUT2D eigenvalue weighted by Crippen LogP contribution is 2.29. The molecule has 146 valence electrons. The van der Waals surface area contributed by atoms with Gasteiger partial charge in [-0.2, -0.15) is 0 Å². The van der Waals surface area contributed by atoms with Gasteiger partial charge >= 0.3 is 0 Å². The molecule has 0 saturated carbocycles. The number of hydrogen-bond acceptors (Lipinski definition) is 4. The van der Waals surface area contributed by atoms with Crippen LogP contribution in [0.3, 0.4) is 0 Å². The predicted molar refractivity (Wildman–Crippen MR) is 106 cm³/mol. The standard InChI is InChI=1S/C21H29N3O3/c1-14(2)17-11-18-16(13-27-19(18)9-15(17)3)10-21(26)24-7-5-23(6-8-24)12-20(25)22-4/h9,11,13-14H,5-8,10,12H2,1-4H3,(H,22,25). The number of hydrogen-bond donors (Lipinski definition) is 1. The monoisotopic (exact) mass is 371 g/mol. The molecule has 1 N–H and O–H groups in total. The topological polar surface area (TPSA) is 65.8 Å². The van der Waals surface area contributed by atoms with E-state index in [0.29, 0.717) is 32.0 Å². The summed E-state index contributed by atoms with van der Waals surface area (Å²) in [6, 6.07) is 4.24. The minimum atomic E-state index is 0.0101. The molecule has 0 radical (unpaired) electrons. The van der Waals surface area contributed by atoms with Gasteiger partial charge in [-0.05, 0) is 36.1 Å². The Balaban J connectivity index is 1.66. The largest absolute Gasteiger partial charge is 0.464 e. The van der Waals surface area contributed by atoms with Crippen LogP contribution in [0.15, 0.2) is 22.8 Å². The van der Waals surface area contributed by atoms with E-state index in [4.69, 9.17) is 4.42 Å². The second-order valence-electron chi connectivity index (χ2n) is 7.63. The smallest absolute Gasteiger partial charge is 0.233 e. The third kappa shape index (κ3) is 4.33. The molecule has 27 heavy (non-hydrogen) atoms. The van der Waals surface area contributed by atoms with E-state index in [9.17, 15) is 9.59 Å². The fourth-order valence-corrected chi connectivity index (χ4v) is 3.72. The zero-order valence-corrected chi connectivity index (χ0v) is 16.7.